The number of ether oxygens (including phenoxy) is 2. The molecule has 0 spiro atoms. The minimum atomic E-state index is -0.715. The fraction of sp³-hybridized carbons (Fsp3) is 0.871. The van der Waals surface area contributed by atoms with Crippen LogP contribution in [0.3, 0.4) is 0 Å². The lowest BCUT2D eigenvalue weighted by Gasteiger charge is -2.33. The lowest BCUT2D eigenvalue weighted by Crippen LogP contribution is -2.42. The van der Waals surface area contributed by atoms with Crippen LogP contribution in [0.1, 0.15) is 101 Å². The highest BCUT2D eigenvalue weighted by Crippen LogP contribution is 2.34. The van der Waals surface area contributed by atoms with Crippen molar-refractivity contribution in [3.63, 3.8) is 0 Å². The van der Waals surface area contributed by atoms with Crippen molar-refractivity contribution < 1.29 is 19.1 Å². The number of hydrogen-bond donors (Lipinski definition) is 2. The maximum atomic E-state index is 13.0. The largest absolute Gasteiger partial charge is 0.385 e. The number of allylic oxidation sites excluding steroid dienone is 2. The first-order chi connectivity index (χ1) is 17.6. The molecule has 2 amide bonds. The third-order valence-electron chi connectivity index (χ3n) is 6.87. The second-order valence-corrected chi connectivity index (χ2v) is 14.9. The Labute approximate surface area is 243 Å². The Morgan fingerprint density at radius 3 is 1.97 bits per heavy atom. The third kappa shape index (κ3) is 18.7. The quantitative estimate of drug-likeness (QED) is 0.150. The van der Waals surface area contributed by atoms with Gasteiger partial charge in [-0.1, -0.05) is 81.4 Å². The first-order valence-corrected chi connectivity index (χ1v) is 14.5. The van der Waals surface area contributed by atoms with E-state index in [0.717, 1.165) is 25.7 Å². The highest BCUT2D eigenvalue weighted by molar-refractivity contribution is 6.16. The van der Waals surface area contributed by atoms with Crippen molar-refractivity contribution in [1.82, 2.24) is 10.6 Å². The van der Waals surface area contributed by atoms with Gasteiger partial charge in [-0.3, -0.25) is 9.59 Å². The summed E-state index contributed by atoms with van der Waals surface area (Å²) >= 11 is 0. The minimum absolute atomic E-state index is 0.00810. The van der Waals surface area contributed by atoms with Crippen molar-refractivity contribution in [3.8, 4) is 0 Å². The Morgan fingerprint density at radius 1 is 0.795 bits per heavy atom. The second kappa shape index (κ2) is 16.2. The summed E-state index contributed by atoms with van der Waals surface area (Å²) in [5, 5.41) is 4.56. The average molecular weight is 544 g/mol. The van der Waals surface area contributed by atoms with Gasteiger partial charge in [0.05, 0.1) is 22.3 Å². The molecule has 222 valence electrons. The number of amides is 2. The Kier molecular flexibility index (Phi) is 15.7. The predicted molar refractivity (Wildman–Crippen MR) is 165 cm³/mol. The van der Waals surface area contributed by atoms with Crippen LogP contribution < -0.4 is 10.6 Å². The van der Waals surface area contributed by atoms with E-state index in [2.05, 4.69) is 50.5 Å². The summed E-state index contributed by atoms with van der Waals surface area (Å²) in [6.07, 6.45) is 8.61. The Balaban J connectivity index is 4.56. The van der Waals surface area contributed by atoms with E-state index in [9.17, 15) is 9.59 Å². The maximum Gasteiger partial charge on any atom is 0.225 e. The van der Waals surface area contributed by atoms with Gasteiger partial charge in [0.1, 0.15) is 0 Å². The van der Waals surface area contributed by atoms with Gasteiger partial charge in [0.15, 0.2) is 0 Å². The monoisotopic (exact) mass is 544 g/mol. The number of nitrogens with one attached hydrogen (secondary N) is 2. The molecule has 0 aliphatic carbocycles. The SMILES string of the molecule is [B]C(C)(CNC(=O)C(C)(C)CCC(C)(C)C/C=C\CC(C)C)COCC(C)(C)CNC(=O)CC([B])(C)COC. The number of carbonyl (C=O) groups is 2. The summed E-state index contributed by atoms with van der Waals surface area (Å²) in [6, 6.07) is 0. The van der Waals surface area contributed by atoms with Crippen molar-refractivity contribution in [2.75, 3.05) is 40.0 Å². The van der Waals surface area contributed by atoms with E-state index in [0.29, 0.717) is 32.2 Å². The molecule has 6 nitrogen and oxygen atoms in total. The smallest absolute Gasteiger partial charge is 0.225 e. The average Bonchev–Trinajstić information content (AvgIpc) is 2.77. The molecule has 0 aromatic heterocycles. The number of carbonyl (C=O) groups excluding carboxylic acids is 2. The lowest BCUT2D eigenvalue weighted by molar-refractivity contribution is -0.130. The van der Waals surface area contributed by atoms with Gasteiger partial charge in [0.25, 0.3) is 0 Å². The van der Waals surface area contributed by atoms with Gasteiger partial charge >= 0.3 is 0 Å². The Bertz CT molecular complexity index is 775. The molecule has 0 saturated heterocycles. The summed E-state index contributed by atoms with van der Waals surface area (Å²) in [5.41, 5.74) is -0.639. The molecule has 0 bridgehead atoms. The minimum Gasteiger partial charge on any atom is -0.385 e. The third-order valence-corrected chi connectivity index (χ3v) is 6.87. The molecule has 0 rings (SSSR count). The normalized spacial score (nSPS) is 16.2. The zero-order valence-corrected chi connectivity index (χ0v) is 27.1. The molecule has 0 fully saturated rings. The molecule has 0 heterocycles. The van der Waals surface area contributed by atoms with Crippen molar-refractivity contribution in [2.45, 2.75) is 112 Å². The molecule has 2 atom stereocenters. The molecule has 8 heteroatoms. The fourth-order valence-electron chi connectivity index (χ4n) is 3.97. The molecule has 2 unspecified atom stereocenters. The van der Waals surface area contributed by atoms with Gasteiger partial charge < -0.3 is 20.1 Å². The summed E-state index contributed by atoms with van der Waals surface area (Å²) < 4.78 is 11.0. The van der Waals surface area contributed by atoms with Crippen LogP contribution in [0.15, 0.2) is 12.2 Å². The molecule has 4 radical (unpaired) electrons. The van der Waals surface area contributed by atoms with Gasteiger partial charge in [-0.2, -0.15) is 0 Å². The maximum absolute atomic E-state index is 13.0. The zero-order valence-electron chi connectivity index (χ0n) is 27.1. The number of rotatable bonds is 20. The van der Waals surface area contributed by atoms with Gasteiger partial charge in [-0.15, -0.1) is 0 Å². The van der Waals surface area contributed by atoms with E-state index in [1.54, 1.807) is 14.0 Å². The number of hydrogen-bond acceptors (Lipinski definition) is 4. The summed E-state index contributed by atoms with van der Waals surface area (Å²) in [5.74, 6) is 0.559. The van der Waals surface area contributed by atoms with E-state index in [4.69, 9.17) is 25.2 Å². The van der Waals surface area contributed by atoms with Crippen molar-refractivity contribution in [2.24, 2.45) is 22.2 Å². The summed E-state index contributed by atoms with van der Waals surface area (Å²) in [6.45, 7) is 22.5. The van der Waals surface area contributed by atoms with Crippen LogP contribution in [0.4, 0.5) is 0 Å². The van der Waals surface area contributed by atoms with Gasteiger partial charge in [0, 0.05) is 50.7 Å². The van der Waals surface area contributed by atoms with Crippen LogP contribution in [-0.2, 0) is 19.1 Å². The first-order valence-electron chi connectivity index (χ1n) is 14.5. The van der Waals surface area contributed by atoms with Crippen LogP contribution in [0.5, 0.6) is 0 Å². The molecule has 39 heavy (non-hydrogen) atoms. The summed E-state index contributed by atoms with van der Waals surface area (Å²) in [4.78, 5) is 25.3. The Hall–Kier alpha value is -1.27. The Morgan fingerprint density at radius 2 is 1.41 bits per heavy atom. The number of methoxy groups -OCH3 is 1. The zero-order chi connectivity index (χ0) is 30.5. The molecular weight excluding hydrogens is 486 g/mol. The van der Waals surface area contributed by atoms with Crippen molar-refractivity contribution in [1.29, 1.82) is 0 Å². The molecule has 0 aromatic carbocycles. The van der Waals surface area contributed by atoms with Crippen LogP contribution >= 0.6 is 0 Å². The van der Waals surface area contributed by atoms with Crippen LogP contribution in [-0.4, -0.2) is 67.5 Å². The molecule has 0 saturated carbocycles. The molecule has 0 aliphatic rings. The van der Waals surface area contributed by atoms with E-state index < -0.39 is 16.0 Å². The van der Waals surface area contributed by atoms with Crippen molar-refractivity contribution in [3.05, 3.63) is 12.2 Å². The van der Waals surface area contributed by atoms with E-state index in [-0.39, 0.29) is 35.7 Å². The van der Waals surface area contributed by atoms with Gasteiger partial charge in [0.2, 0.25) is 11.8 Å². The molecule has 0 aromatic rings. The van der Waals surface area contributed by atoms with Crippen LogP contribution in [0, 0.1) is 22.2 Å². The van der Waals surface area contributed by atoms with E-state index >= 15 is 0 Å². The van der Waals surface area contributed by atoms with Crippen LogP contribution in [0.2, 0.25) is 10.6 Å². The van der Waals surface area contributed by atoms with E-state index in [1.807, 2.05) is 34.6 Å². The molecular formula is C31H58B2N2O4. The van der Waals surface area contributed by atoms with Gasteiger partial charge in [-0.25, -0.2) is 0 Å². The van der Waals surface area contributed by atoms with Crippen LogP contribution in [0.25, 0.3) is 0 Å². The molecule has 2 N–H and O–H groups in total. The topological polar surface area (TPSA) is 76.7 Å². The predicted octanol–water partition coefficient (Wildman–Crippen LogP) is 5.82. The van der Waals surface area contributed by atoms with Crippen molar-refractivity contribution >= 4 is 27.5 Å². The first kappa shape index (κ1) is 37.7. The second-order valence-electron chi connectivity index (χ2n) is 14.9. The summed E-state index contributed by atoms with van der Waals surface area (Å²) in [7, 11) is 14.1. The molecule has 0 aliphatic heterocycles. The van der Waals surface area contributed by atoms with Gasteiger partial charge in [-0.05, 0) is 47.6 Å². The highest BCUT2D eigenvalue weighted by Gasteiger charge is 2.32. The van der Waals surface area contributed by atoms with E-state index in [1.165, 1.54) is 0 Å². The highest BCUT2D eigenvalue weighted by atomic mass is 16.5. The fourth-order valence-corrected chi connectivity index (χ4v) is 3.97. The lowest BCUT2D eigenvalue weighted by atomic mass is 9.68. The standard InChI is InChI=1S/C31H58B2N2O4/c1-24(2)14-12-13-15-27(3,4)16-17-29(7,8)26(37)35-20-31(10,33)23-39-21-28(5,6)19-34-25(36)18-30(9,32)22-38-11/h12-13,24H,14-23H2,1-11H3,(H,34,36)(H,35,37)/b13-12-.